The van der Waals surface area contributed by atoms with Crippen molar-refractivity contribution in [2.45, 2.75) is 29.7 Å². The SMILES string of the molecule is O=C1OC(C(F)(F)F)(C(F)(F)F)O[C@@]1(c1ccc(Br)cc1)[C@@H](C[N+](=O)[O-])c1ccccc1. The van der Waals surface area contributed by atoms with Gasteiger partial charge in [0.25, 0.3) is 0 Å². The minimum Gasteiger partial charge on any atom is -0.413 e. The lowest BCUT2D eigenvalue weighted by Crippen LogP contribution is -2.59. The summed E-state index contributed by atoms with van der Waals surface area (Å²) < 4.78 is 90.9. The van der Waals surface area contributed by atoms with Crippen molar-refractivity contribution in [2.24, 2.45) is 0 Å². The van der Waals surface area contributed by atoms with E-state index in [1.54, 1.807) is 0 Å². The maximum atomic E-state index is 13.7. The molecule has 1 aliphatic rings. The van der Waals surface area contributed by atoms with Gasteiger partial charge in [-0.1, -0.05) is 58.4 Å². The highest BCUT2D eigenvalue weighted by molar-refractivity contribution is 9.10. The summed E-state index contributed by atoms with van der Waals surface area (Å²) >= 11 is 3.07. The van der Waals surface area contributed by atoms with Crippen LogP contribution in [0.15, 0.2) is 59.1 Å². The van der Waals surface area contributed by atoms with Crippen molar-refractivity contribution in [1.82, 2.24) is 0 Å². The van der Waals surface area contributed by atoms with E-state index in [9.17, 15) is 41.3 Å². The molecule has 1 saturated heterocycles. The molecule has 0 aromatic heterocycles. The number of carbonyl (C=O) groups excluding carboxylic acids is 1. The molecule has 32 heavy (non-hydrogen) atoms. The fourth-order valence-electron chi connectivity index (χ4n) is 3.48. The Morgan fingerprint density at radius 2 is 1.50 bits per heavy atom. The van der Waals surface area contributed by atoms with Crippen LogP contribution in [0.25, 0.3) is 0 Å². The number of nitro groups is 1. The van der Waals surface area contributed by atoms with Crippen molar-refractivity contribution in [3.63, 3.8) is 0 Å². The molecule has 0 radical (unpaired) electrons. The fourth-order valence-corrected chi connectivity index (χ4v) is 3.74. The monoisotopic (exact) mass is 527 g/mol. The van der Waals surface area contributed by atoms with Crippen LogP contribution in [-0.4, -0.2) is 35.6 Å². The van der Waals surface area contributed by atoms with Crippen LogP contribution in [0.1, 0.15) is 17.0 Å². The number of ether oxygens (including phenoxy) is 2. The molecule has 2 aromatic rings. The highest BCUT2D eigenvalue weighted by Crippen LogP contribution is 2.58. The molecule has 0 spiro atoms. The summed E-state index contributed by atoms with van der Waals surface area (Å²) in [6.45, 7) is -1.22. The summed E-state index contributed by atoms with van der Waals surface area (Å²) in [5.74, 6) is -9.25. The van der Waals surface area contributed by atoms with E-state index in [2.05, 4.69) is 25.4 Å². The normalized spacial score (nSPS) is 21.8. The van der Waals surface area contributed by atoms with E-state index in [-0.39, 0.29) is 5.56 Å². The van der Waals surface area contributed by atoms with Crippen LogP contribution >= 0.6 is 15.9 Å². The lowest BCUT2D eigenvalue weighted by Gasteiger charge is -2.35. The summed E-state index contributed by atoms with van der Waals surface area (Å²) in [7, 11) is 0. The maximum Gasteiger partial charge on any atom is 0.465 e. The van der Waals surface area contributed by atoms with Gasteiger partial charge in [0.15, 0.2) is 0 Å². The average Bonchev–Trinajstić information content (AvgIpc) is 3.02. The topological polar surface area (TPSA) is 78.7 Å². The van der Waals surface area contributed by atoms with Gasteiger partial charge in [0.2, 0.25) is 12.1 Å². The zero-order valence-electron chi connectivity index (χ0n) is 15.6. The first kappa shape index (κ1) is 24.0. The van der Waals surface area contributed by atoms with Crippen LogP contribution in [0.2, 0.25) is 0 Å². The maximum absolute atomic E-state index is 13.7. The molecule has 1 heterocycles. The molecule has 6 nitrogen and oxygen atoms in total. The molecule has 0 amide bonds. The summed E-state index contributed by atoms with van der Waals surface area (Å²) in [5.41, 5.74) is -3.69. The van der Waals surface area contributed by atoms with Gasteiger partial charge in [-0.2, -0.15) is 26.3 Å². The molecule has 0 bridgehead atoms. The fraction of sp³-hybridized carbons (Fsp3) is 0.316. The minimum atomic E-state index is -6.23. The Morgan fingerprint density at radius 1 is 0.969 bits per heavy atom. The quantitative estimate of drug-likeness (QED) is 0.234. The van der Waals surface area contributed by atoms with Crippen molar-refractivity contribution >= 4 is 21.9 Å². The van der Waals surface area contributed by atoms with Crippen LogP contribution in [-0.2, 0) is 19.9 Å². The molecule has 172 valence electrons. The van der Waals surface area contributed by atoms with Crippen molar-refractivity contribution < 1.29 is 45.5 Å². The number of halogens is 7. The van der Waals surface area contributed by atoms with Crippen LogP contribution in [0.3, 0.4) is 0 Å². The number of cyclic esters (lactones) is 1. The number of esters is 1. The van der Waals surface area contributed by atoms with Gasteiger partial charge in [0.05, 0.1) is 5.92 Å². The Kier molecular flexibility index (Phi) is 6.02. The predicted molar refractivity (Wildman–Crippen MR) is 98.9 cm³/mol. The Balaban J connectivity index is 2.35. The summed E-state index contributed by atoms with van der Waals surface area (Å²) in [5, 5.41) is 11.4. The second-order valence-corrected chi connectivity index (χ2v) is 7.74. The van der Waals surface area contributed by atoms with E-state index < -0.39 is 52.7 Å². The van der Waals surface area contributed by atoms with Gasteiger partial charge in [-0.25, -0.2) is 4.79 Å². The number of hydrogen-bond donors (Lipinski definition) is 0. The first-order valence-corrected chi connectivity index (χ1v) is 9.54. The standard InChI is InChI=1S/C19H12BrF6NO5/c20-13-8-6-12(7-9-13)16(14(10-27(29)30)11-4-2-1-3-5-11)15(28)31-17(32-16,18(21,22)23)19(24,25)26/h1-9,14H,10H2/t14-,16-/m0/s1. The molecule has 0 aliphatic carbocycles. The number of alkyl halides is 6. The van der Waals surface area contributed by atoms with Gasteiger partial charge in [0, 0.05) is 9.40 Å². The van der Waals surface area contributed by atoms with E-state index >= 15 is 0 Å². The van der Waals surface area contributed by atoms with Gasteiger partial charge in [-0.15, -0.1) is 0 Å². The van der Waals surface area contributed by atoms with Crippen LogP contribution in [0.5, 0.6) is 0 Å². The third-order valence-electron chi connectivity index (χ3n) is 4.89. The van der Waals surface area contributed by atoms with Gasteiger partial charge in [0.1, 0.15) is 0 Å². The van der Waals surface area contributed by atoms with E-state index in [4.69, 9.17) is 0 Å². The largest absolute Gasteiger partial charge is 0.465 e. The molecular formula is C19H12BrF6NO5. The molecule has 13 heteroatoms. The summed E-state index contributed by atoms with van der Waals surface area (Å²) in [6.07, 6.45) is -12.5. The van der Waals surface area contributed by atoms with Crippen LogP contribution in [0.4, 0.5) is 26.3 Å². The minimum absolute atomic E-state index is 0.0933. The first-order chi connectivity index (χ1) is 14.7. The lowest BCUT2D eigenvalue weighted by molar-refractivity contribution is -0.491. The molecule has 0 saturated carbocycles. The van der Waals surface area contributed by atoms with Gasteiger partial charge >= 0.3 is 24.1 Å². The average molecular weight is 528 g/mol. The van der Waals surface area contributed by atoms with E-state index in [1.165, 1.54) is 42.5 Å². The zero-order chi connectivity index (χ0) is 23.9. The number of rotatable bonds is 5. The first-order valence-electron chi connectivity index (χ1n) is 8.74. The Morgan fingerprint density at radius 3 is 1.94 bits per heavy atom. The van der Waals surface area contributed by atoms with Gasteiger partial charge in [-0.3, -0.25) is 10.1 Å². The van der Waals surface area contributed by atoms with E-state index in [0.717, 1.165) is 12.1 Å². The summed E-state index contributed by atoms with van der Waals surface area (Å²) in [4.78, 5) is 23.3. The highest BCUT2D eigenvalue weighted by Gasteiger charge is 2.84. The van der Waals surface area contributed by atoms with Gasteiger partial charge in [-0.05, 0) is 23.3 Å². The van der Waals surface area contributed by atoms with Crippen LogP contribution < -0.4 is 0 Å². The highest BCUT2D eigenvalue weighted by atomic mass is 79.9. The third-order valence-corrected chi connectivity index (χ3v) is 5.42. The lowest BCUT2D eigenvalue weighted by atomic mass is 9.77. The molecule has 1 aliphatic heterocycles. The molecule has 0 unspecified atom stereocenters. The molecular weight excluding hydrogens is 516 g/mol. The Bertz CT molecular complexity index is 998. The Hall–Kier alpha value is -2.67. The zero-order valence-corrected chi connectivity index (χ0v) is 17.2. The van der Waals surface area contributed by atoms with E-state index in [1.807, 2.05) is 0 Å². The molecule has 1 fully saturated rings. The van der Waals surface area contributed by atoms with Gasteiger partial charge < -0.3 is 9.47 Å². The molecule has 2 aromatic carbocycles. The second kappa shape index (κ2) is 8.03. The third kappa shape index (κ3) is 3.83. The van der Waals surface area contributed by atoms with E-state index in [0.29, 0.717) is 4.47 Å². The molecule has 2 atom stereocenters. The summed E-state index contributed by atoms with van der Waals surface area (Å²) in [6, 6.07) is 11.2. The second-order valence-electron chi connectivity index (χ2n) is 6.82. The predicted octanol–water partition coefficient (Wildman–Crippen LogP) is 5.10. The van der Waals surface area contributed by atoms with Crippen molar-refractivity contribution in [2.75, 3.05) is 6.54 Å². The number of benzene rings is 2. The smallest absolute Gasteiger partial charge is 0.413 e. The molecule has 3 rings (SSSR count). The van der Waals surface area contributed by atoms with Crippen LogP contribution in [0, 0.1) is 10.1 Å². The Labute approximate surface area is 184 Å². The van der Waals surface area contributed by atoms with Crippen molar-refractivity contribution in [3.8, 4) is 0 Å². The van der Waals surface area contributed by atoms with Crippen molar-refractivity contribution in [3.05, 3.63) is 80.3 Å². The number of hydrogen-bond acceptors (Lipinski definition) is 5. The number of carbonyl (C=O) groups is 1. The van der Waals surface area contributed by atoms with Crippen molar-refractivity contribution in [1.29, 1.82) is 0 Å². The molecule has 0 N–H and O–H groups in total. The number of nitrogens with zero attached hydrogens (tertiary/aromatic N) is 1.